The van der Waals surface area contributed by atoms with Crippen LogP contribution in [0.2, 0.25) is 0 Å². The predicted octanol–water partition coefficient (Wildman–Crippen LogP) is 3.70. The summed E-state index contributed by atoms with van der Waals surface area (Å²) in [5.74, 6) is -3.59. The average Bonchev–Trinajstić information content (AvgIpc) is 2.66. The molecule has 0 bridgehead atoms. The van der Waals surface area contributed by atoms with Crippen molar-refractivity contribution in [3.63, 3.8) is 0 Å². The fourth-order valence-electron chi connectivity index (χ4n) is 1.53. The van der Waals surface area contributed by atoms with Crippen molar-refractivity contribution in [2.45, 2.75) is 6.18 Å². The number of hydrogen-bond acceptors (Lipinski definition) is 3. The highest BCUT2D eigenvalue weighted by molar-refractivity contribution is 14.1. The largest absolute Gasteiger partial charge is 0.477 e. The van der Waals surface area contributed by atoms with Gasteiger partial charge in [0.1, 0.15) is 4.88 Å². The topological polar surface area (TPSA) is 66.4 Å². The van der Waals surface area contributed by atoms with Crippen LogP contribution in [0.4, 0.5) is 18.9 Å². The average molecular weight is 415 g/mol. The van der Waals surface area contributed by atoms with E-state index in [2.05, 4.69) is 0 Å². The van der Waals surface area contributed by atoms with Crippen molar-refractivity contribution in [2.24, 2.45) is 0 Å². The van der Waals surface area contributed by atoms with E-state index in [1.807, 2.05) is 22.6 Å². The van der Waals surface area contributed by atoms with E-state index in [1.54, 1.807) is 17.4 Å². The zero-order valence-corrected chi connectivity index (χ0v) is 12.4. The number of halogens is 4. The van der Waals surface area contributed by atoms with Gasteiger partial charge in [0.15, 0.2) is 0 Å². The van der Waals surface area contributed by atoms with Crippen LogP contribution in [0.1, 0.15) is 9.67 Å². The molecular formula is C11H5F3INO3S. The molecule has 0 fully saturated rings. The smallest absolute Gasteiger partial charge is 0.471 e. The van der Waals surface area contributed by atoms with Gasteiger partial charge in [-0.25, -0.2) is 4.79 Å². The first-order valence-electron chi connectivity index (χ1n) is 5.03. The normalized spacial score (nSPS) is 11.6. The molecule has 0 saturated carbocycles. The lowest BCUT2D eigenvalue weighted by molar-refractivity contribution is -0.167. The van der Waals surface area contributed by atoms with Gasteiger partial charge < -0.3 is 10.4 Å². The Kier molecular flexibility index (Phi) is 3.91. The maximum atomic E-state index is 12.3. The van der Waals surface area contributed by atoms with Gasteiger partial charge in [-0.2, -0.15) is 13.2 Å². The highest BCUT2D eigenvalue weighted by atomic mass is 127. The first-order chi connectivity index (χ1) is 9.20. The summed E-state index contributed by atoms with van der Waals surface area (Å²) in [5.41, 5.74) is -0.321. The van der Waals surface area contributed by atoms with Gasteiger partial charge in [0.2, 0.25) is 0 Å². The predicted molar refractivity (Wildman–Crippen MR) is 76.2 cm³/mol. The molecule has 0 spiro atoms. The minimum atomic E-state index is -5.08. The minimum Gasteiger partial charge on any atom is -0.477 e. The molecule has 1 amide bonds. The molecule has 106 valence electrons. The Morgan fingerprint density at radius 2 is 1.95 bits per heavy atom. The van der Waals surface area contributed by atoms with Gasteiger partial charge >= 0.3 is 18.1 Å². The van der Waals surface area contributed by atoms with Crippen LogP contribution in [0.25, 0.3) is 10.1 Å². The van der Waals surface area contributed by atoms with Gasteiger partial charge in [-0.15, -0.1) is 11.3 Å². The lowest BCUT2D eigenvalue weighted by Crippen LogP contribution is -2.30. The zero-order valence-electron chi connectivity index (χ0n) is 9.42. The fraction of sp³-hybridized carbons (Fsp3) is 0.0909. The quantitative estimate of drug-likeness (QED) is 0.736. The molecular weight excluding hydrogens is 410 g/mol. The van der Waals surface area contributed by atoms with Crippen molar-refractivity contribution >= 4 is 61.6 Å². The summed E-state index contributed by atoms with van der Waals surface area (Å²) in [5, 5.41) is 10.9. The van der Waals surface area contributed by atoms with E-state index in [1.165, 1.54) is 6.07 Å². The van der Waals surface area contributed by atoms with Crippen molar-refractivity contribution in [2.75, 3.05) is 5.32 Å². The van der Waals surface area contributed by atoms with Crippen molar-refractivity contribution in [1.29, 1.82) is 0 Å². The molecule has 2 N–H and O–H groups in total. The van der Waals surface area contributed by atoms with Crippen LogP contribution in [0.15, 0.2) is 18.2 Å². The number of hydrogen-bond donors (Lipinski definition) is 2. The molecule has 1 aromatic heterocycles. The van der Waals surface area contributed by atoms with Crippen molar-refractivity contribution in [3.05, 3.63) is 26.6 Å². The molecule has 0 saturated heterocycles. The summed E-state index contributed by atoms with van der Waals surface area (Å²) in [6, 6.07) is 4.81. The van der Waals surface area contributed by atoms with E-state index in [0.717, 1.165) is 11.3 Å². The van der Waals surface area contributed by atoms with Gasteiger partial charge in [-0.1, -0.05) is 0 Å². The number of aromatic carboxylic acids is 1. The summed E-state index contributed by atoms with van der Waals surface area (Å²) in [7, 11) is 0. The Morgan fingerprint density at radius 3 is 2.50 bits per heavy atom. The summed E-state index contributed by atoms with van der Waals surface area (Å²) >= 11 is 2.75. The van der Waals surface area contributed by atoms with Crippen LogP contribution >= 0.6 is 33.9 Å². The number of alkyl halides is 3. The number of carbonyl (C=O) groups excluding carboxylic acids is 1. The second-order valence-corrected chi connectivity index (χ2v) is 6.00. The maximum Gasteiger partial charge on any atom is 0.471 e. The van der Waals surface area contributed by atoms with E-state index in [-0.39, 0.29) is 16.0 Å². The molecule has 0 unspecified atom stereocenters. The Morgan fingerprint density at radius 1 is 1.30 bits per heavy atom. The maximum absolute atomic E-state index is 12.3. The van der Waals surface area contributed by atoms with Crippen LogP contribution in [-0.2, 0) is 4.79 Å². The van der Waals surface area contributed by atoms with Crippen LogP contribution in [0, 0.1) is 3.57 Å². The number of thiophene rings is 1. The molecule has 2 aromatic rings. The van der Waals surface area contributed by atoms with Gasteiger partial charge in [0, 0.05) is 13.7 Å². The number of nitrogens with one attached hydrogen (secondary N) is 1. The fourth-order valence-corrected chi connectivity index (χ4v) is 3.00. The van der Waals surface area contributed by atoms with E-state index in [4.69, 9.17) is 5.11 Å². The van der Waals surface area contributed by atoms with Crippen LogP contribution in [-0.4, -0.2) is 23.2 Å². The summed E-state index contributed by atoms with van der Waals surface area (Å²) in [6.45, 7) is 0. The third-order valence-electron chi connectivity index (χ3n) is 2.34. The molecule has 0 aliphatic rings. The van der Waals surface area contributed by atoms with E-state index in [0.29, 0.717) is 8.27 Å². The minimum absolute atomic E-state index is 0.275. The second-order valence-electron chi connectivity index (χ2n) is 3.70. The van der Waals surface area contributed by atoms with Crippen molar-refractivity contribution < 1.29 is 27.9 Å². The SMILES string of the molecule is O=C(O)c1sc2ccc(I)cc2c1NC(=O)C(F)(F)F. The number of amides is 1. The molecule has 4 nitrogen and oxygen atoms in total. The van der Waals surface area contributed by atoms with E-state index >= 15 is 0 Å². The lowest BCUT2D eigenvalue weighted by Gasteiger charge is -2.08. The molecule has 9 heteroatoms. The van der Waals surface area contributed by atoms with Gasteiger partial charge in [-0.3, -0.25) is 4.79 Å². The Balaban J connectivity index is 2.59. The highest BCUT2D eigenvalue weighted by Gasteiger charge is 2.39. The molecule has 1 heterocycles. The number of carboxylic acids is 1. The third-order valence-corrected chi connectivity index (χ3v) is 4.17. The molecule has 20 heavy (non-hydrogen) atoms. The monoisotopic (exact) mass is 415 g/mol. The first-order valence-corrected chi connectivity index (χ1v) is 6.93. The van der Waals surface area contributed by atoms with Crippen molar-refractivity contribution in [3.8, 4) is 0 Å². The number of anilines is 1. The van der Waals surface area contributed by atoms with E-state index < -0.39 is 18.1 Å². The number of fused-ring (bicyclic) bond motifs is 1. The van der Waals surface area contributed by atoms with Crippen LogP contribution < -0.4 is 5.32 Å². The van der Waals surface area contributed by atoms with Gasteiger partial charge in [-0.05, 0) is 40.8 Å². The Hall–Kier alpha value is -1.36. The molecule has 0 aliphatic carbocycles. The molecule has 1 aromatic carbocycles. The van der Waals surface area contributed by atoms with E-state index in [9.17, 15) is 22.8 Å². The number of carboxylic acid groups (broad SMARTS) is 1. The third kappa shape index (κ3) is 2.87. The number of benzene rings is 1. The highest BCUT2D eigenvalue weighted by Crippen LogP contribution is 2.37. The zero-order chi connectivity index (χ0) is 15.1. The van der Waals surface area contributed by atoms with Gasteiger partial charge in [0.05, 0.1) is 5.69 Å². The van der Waals surface area contributed by atoms with Crippen molar-refractivity contribution in [1.82, 2.24) is 0 Å². The lowest BCUT2D eigenvalue weighted by atomic mass is 10.2. The second kappa shape index (κ2) is 5.20. The summed E-state index contributed by atoms with van der Waals surface area (Å²) < 4.78 is 38.1. The number of rotatable bonds is 2. The Bertz CT molecular complexity index is 711. The molecule has 0 aliphatic heterocycles. The molecule has 0 atom stereocenters. The standard InChI is InChI=1S/C11H5F3INO3S/c12-11(13,14)10(19)16-7-5-3-4(15)1-2-6(5)20-8(7)9(17)18/h1-3H,(H,16,19)(H,17,18). The van der Waals surface area contributed by atoms with Crippen LogP contribution in [0.5, 0.6) is 0 Å². The molecule has 0 radical (unpaired) electrons. The summed E-state index contributed by atoms with van der Waals surface area (Å²) in [6.07, 6.45) is -5.08. The van der Waals surface area contributed by atoms with Crippen LogP contribution in [0.3, 0.4) is 0 Å². The van der Waals surface area contributed by atoms with Gasteiger partial charge in [0.25, 0.3) is 0 Å². The molecule has 2 rings (SSSR count). The Labute approximate surface area is 127 Å². The number of carbonyl (C=O) groups is 2. The first kappa shape index (κ1) is 15.0. The summed E-state index contributed by atoms with van der Waals surface area (Å²) in [4.78, 5) is 21.8.